The first-order chi connectivity index (χ1) is 17.7. The number of rotatable bonds is 4. The lowest BCUT2D eigenvalue weighted by atomic mass is 10.0. The van der Waals surface area contributed by atoms with E-state index >= 15 is 0 Å². The Morgan fingerprint density at radius 2 is 1.59 bits per heavy atom. The van der Waals surface area contributed by atoms with Crippen LogP contribution in [0.4, 0.5) is 13.2 Å². The normalized spacial score (nSPS) is 12.9. The van der Waals surface area contributed by atoms with Crippen molar-refractivity contribution in [1.29, 1.82) is 0 Å². The number of benzene rings is 2. The Balaban J connectivity index is 0.000000405. The Morgan fingerprint density at radius 3 is 2.24 bits per heavy atom. The predicted octanol–water partition coefficient (Wildman–Crippen LogP) is 5.83. The fourth-order valence-electron chi connectivity index (χ4n) is 3.75. The fourth-order valence-corrected chi connectivity index (χ4v) is 3.75. The van der Waals surface area contributed by atoms with Crippen LogP contribution in [-0.2, 0) is 11.2 Å². The van der Waals surface area contributed by atoms with Gasteiger partial charge in [-0.05, 0) is 41.0 Å². The molecule has 0 aliphatic carbocycles. The van der Waals surface area contributed by atoms with E-state index in [1.54, 1.807) is 6.20 Å². The van der Waals surface area contributed by atoms with Crippen LogP contribution < -0.4 is 5.32 Å². The van der Waals surface area contributed by atoms with E-state index in [2.05, 4.69) is 69.9 Å². The Bertz CT molecular complexity index is 1430. The predicted molar refractivity (Wildman–Crippen MR) is 135 cm³/mol. The Morgan fingerprint density at radius 1 is 0.919 bits per heavy atom. The quantitative estimate of drug-likeness (QED) is 0.325. The van der Waals surface area contributed by atoms with E-state index in [1.165, 1.54) is 11.1 Å². The summed E-state index contributed by atoms with van der Waals surface area (Å²) < 4.78 is 31.7. The SMILES string of the molecule is O=C(O)C(F)(F)F.O=C1NCCc2[nH]c(-c3ccnc(/C=C/c4ccc(-c5ccccc5)cc4)c3)cc21. The number of hydrogen-bond acceptors (Lipinski definition) is 3. The largest absolute Gasteiger partial charge is 0.490 e. The van der Waals surface area contributed by atoms with Crippen LogP contribution in [0.15, 0.2) is 79.0 Å². The lowest BCUT2D eigenvalue weighted by molar-refractivity contribution is -0.192. The van der Waals surface area contributed by atoms with Gasteiger partial charge in [-0.15, -0.1) is 0 Å². The number of halogens is 3. The van der Waals surface area contributed by atoms with Gasteiger partial charge >= 0.3 is 12.1 Å². The van der Waals surface area contributed by atoms with Gasteiger partial charge in [-0.25, -0.2) is 4.79 Å². The number of carboxylic acids is 1. The maximum atomic E-state index is 12.0. The number of pyridine rings is 1. The van der Waals surface area contributed by atoms with Crippen molar-refractivity contribution in [2.24, 2.45) is 0 Å². The second-order valence-corrected chi connectivity index (χ2v) is 8.17. The van der Waals surface area contributed by atoms with Crippen molar-refractivity contribution < 1.29 is 27.9 Å². The fraction of sp³-hybridized carbons (Fsp3) is 0.107. The number of H-pyrrole nitrogens is 1. The standard InChI is InChI=1S/C26H21N3O.C2HF3O2/c30-26-23-17-25(29-24(23)13-15-28-26)21-12-14-27-22(16-21)11-8-18-6-9-20(10-7-18)19-4-2-1-3-5-19;3-2(4,5)1(6)7/h1-12,14,16-17,29H,13,15H2,(H,28,30);(H,6,7)/b11-8+;. The molecule has 4 aromatic rings. The summed E-state index contributed by atoms with van der Waals surface area (Å²) in [7, 11) is 0. The summed E-state index contributed by atoms with van der Waals surface area (Å²) in [4.78, 5) is 28.8. The van der Waals surface area contributed by atoms with Crippen LogP contribution in [0.2, 0.25) is 0 Å². The van der Waals surface area contributed by atoms with E-state index in [1.807, 2.05) is 30.3 Å². The van der Waals surface area contributed by atoms with Crippen LogP contribution in [0.5, 0.6) is 0 Å². The van der Waals surface area contributed by atoms with Gasteiger partial charge in [0.25, 0.3) is 5.91 Å². The number of fused-ring (bicyclic) bond motifs is 1. The Kier molecular flexibility index (Phi) is 7.52. The molecule has 0 fully saturated rings. The number of alkyl halides is 3. The van der Waals surface area contributed by atoms with Crippen molar-refractivity contribution in [3.63, 3.8) is 0 Å². The number of hydrogen-bond donors (Lipinski definition) is 3. The molecule has 6 nitrogen and oxygen atoms in total. The first-order valence-corrected chi connectivity index (χ1v) is 11.3. The summed E-state index contributed by atoms with van der Waals surface area (Å²) in [5.74, 6) is -2.76. The maximum absolute atomic E-state index is 12.0. The van der Waals surface area contributed by atoms with E-state index in [-0.39, 0.29) is 5.91 Å². The van der Waals surface area contributed by atoms with Gasteiger partial charge in [0.15, 0.2) is 0 Å². The van der Waals surface area contributed by atoms with E-state index in [4.69, 9.17) is 9.90 Å². The van der Waals surface area contributed by atoms with Gasteiger partial charge < -0.3 is 15.4 Å². The van der Waals surface area contributed by atoms with Gasteiger partial charge in [0.1, 0.15) is 0 Å². The molecule has 188 valence electrons. The third-order valence-electron chi connectivity index (χ3n) is 5.60. The van der Waals surface area contributed by atoms with Crippen molar-refractivity contribution in [2.45, 2.75) is 12.6 Å². The molecule has 2 aromatic carbocycles. The zero-order valence-electron chi connectivity index (χ0n) is 19.4. The highest BCUT2D eigenvalue weighted by atomic mass is 19.4. The molecule has 2 aromatic heterocycles. The molecule has 3 N–H and O–H groups in total. The number of aromatic amines is 1. The van der Waals surface area contributed by atoms with Crippen LogP contribution in [0.1, 0.15) is 27.3 Å². The third-order valence-corrected chi connectivity index (χ3v) is 5.60. The molecule has 0 atom stereocenters. The van der Waals surface area contributed by atoms with Gasteiger partial charge in [0, 0.05) is 36.1 Å². The summed E-state index contributed by atoms with van der Waals surface area (Å²) in [5.41, 5.74) is 8.11. The molecular formula is C28H22F3N3O3. The molecule has 37 heavy (non-hydrogen) atoms. The molecule has 9 heteroatoms. The van der Waals surface area contributed by atoms with Gasteiger partial charge in [0.2, 0.25) is 0 Å². The molecule has 1 aliphatic rings. The Labute approximate surface area is 210 Å². The van der Waals surface area contributed by atoms with Crippen LogP contribution in [0.25, 0.3) is 34.5 Å². The first-order valence-electron chi connectivity index (χ1n) is 11.3. The van der Waals surface area contributed by atoms with Crippen molar-refractivity contribution in [3.8, 4) is 22.4 Å². The molecule has 0 bridgehead atoms. The van der Waals surface area contributed by atoms with Gasteiger partial charge in [-0.3, -0.25) is 9.78 Å². The number of carboxylic acid groups (broad SMARTS) is 1. The van der Waals surface area contributed by atoms with Crippen molar-refractivity contribution in [3.05, 3.63) is 102 Å². The van der Waals surface area contributed by atoms with Crippen molar-refractivity contribution >= 4 is 24.0 Å². The number of aliphatic carboxylic acids is 1. The monoisotopic (exact) mass is 505 g/mol. The molecule has 0 saturated heterocycles. The number of amides is 1. The summed E-state index contributed by atoms with van der Waals surface area (Å²) in [6, 6.07) is 24.8. The minimum Gasteiger partial charge on any atom is -0.475 e. The van der Waals surface area contributed by atoms with Crippen LogP contribution >= 0.6 is 0 Å². The molecule has 0 spiro atoms. The van der Waals surface area contributed by atoms with Gasteiger partial charge in [-0.2, -0.15) is 13.2 Å². The number of carbonyl (C=O) groups excluding carboxylic acids is 1. The lowest BCUT2D eigenvalue weighted by Gasteiger charge is -2.10. The van der Waals surface area contributed by atoms with Gasteiger partial charge in [0.05, 0.1) is 11.3 Å². The summed E-state index contributed by atoms with van der Waals surface area (Å²) >= 11 is 0. The first kappa shape index (κ1) is 25.4. The number of nitrogens with one attached hydrogen (secondary N) is 2. The molecule has 0 saturated carbocycles. The minimum atomic E-state index is -5.08. The highest BCUT2D eigenvalue weighted by Crippen LogP contribution is 2.25. The third kappa shape index (κ3) is 6.52. The molecule has 1 aliphatic heterocycles. The van der Waals surface area contributed by atoms with E-state index in [9.17, 15) is 18.0 Å². The van der Waals surface area contributed by atoms with E-state index < -0.39 is 12.1 Å². The zero-order valence-corrected chi connectivity index (χ0v) is 19.4. The summed E-state index contributed by atoms with van der Waals surface area (Å²) in [6.45, 7) is 0.680. The average Bonchev–Trinajstić information content (AvgIpc) is 3.34. The van der Waals surface area contributed by atoms with Crippen LogP contribution in [0, 0.1) is 0 Å². The van der Waals surface area contributed by atoms with Crippen molar-refractivity contribution in [2.75, 3.05) is 6.54 Å². The summed E-state index contributed by atoms with van der Waals surface area (Å²) in [6.07, 6.45) is 1.62. The molecule has 0 radical (unpaired) electrons. The second kappa shape index (κ2) is 10.9. The van der Waals surface area contributed by atoms with Crippen molar-refractivity contribution in [1.82, 2.24) is 15.3 Å². The smallest absolute Gasteiger partial charge is 0.475 e. The van der Waals surface area contributed by atoms with Crippen LogP contribution in [0.3, 0.4) is 0 Å². The summed E-state index contributed by atoms with van der Waals surface area (Å²) in [5, 5.41) is 10.0. The highest BCUT2D eigenvalue weighted by Gasteiger charge is 2.38. The average molecular weight is 505 g/mol. The minimum absolute atomic E-state index is 0.00752. The Hall–Kier alpha value is -4.66. The number of carbonyl (C=O) groups is 2. The second-order valence-electron chi connectivity index (χ2n) is 8.17. The highest BCUT2D eigenvalue weighted by molar-refractivity contribution is 5.97. The zero-order chi connectivity index (χ0) is 26.4. The van der Waals surface area contributed by atoms with Gasteiger partial charge in [-0.1, -0.05) is 60.7 Å². The molecule has 3 heterocycles. The maximum Gasteiger partial charge on any atom is 0.490 e. The number of nitrogens with zero attached hydrogens (tertiary/aromatic N) is 1. The molecule has 0 unspecified atom stereocenters. The molecule has 1 amide bonds. The number of aromatic nitrogens is 2. The van der Waals surface area contributed by atoms with Crippen LogP contribution in [-0.4, -0.2) is 39.7 Å². The van der Waals surface area contributed by atoms with E-state index in [0.29, 0.717) is 6.54 Å². The molecular weight excluding hydrogens is 483 g/mol. The molecule has 5 rings (SSSR count). The van der Waals surface area contributed by atoms with E-state index in [0.717, 1.165) is 40.2 Å². The topological polar surface area (TPSA) is 95.1 Å². The lowest BCUT2D eigenvalue weighted by Crippen LogP contribution is -2.31.